The van der Waals surface area contributed by atoms with Crippen LogP contribution >= 0.6 is 0 Å². The average molecular weight is 419 g/mol. The first-order chi connectivity index (χ1) is 15.1. The third kappa shape index (κ3) is 8.05. The van der Waals surface area contributed by atoms with Crippen molar-refractivity contribution in [2.45, 2.75) is 32.8 Å². The van der Waals surface area contributed by atoms with Gasteiger partial charge in [0.2, 0.25) is 5.91 Å². The zero-order valence-corrected chi connectivity index (χ0v) is 18.1. The van der Waals surface area contributed by atoms with Gasteiger partial charge in [-0.25, -0.2) is 0 Å². The molecule has 3 aromatic carbocycles. The third-order valence-electron chi connectivity index (χ3n) is 4.52. The van der Waals surface area contributed by atoms with E-state index in [1.165, 1.54) is 5.56 Å². The Hall–Kier alpha value is -3.47. The molecular weight excluding hydrogens is 388 g/mol. The Kier molecular flexibility index (Phi) is 8.35. The van der Waals surface area contributed by atoms with Gasteiger partial charge < -0.3 is 20.1 Å². The molecule has 0 aliphatic heterocycles. The van der Waals surface area contributed by atoms with Crippen molar-refractivity contribution in [1.29, 1.82) is 0 Å². The molecule has 0 bridgehead atoms. The van der Waals surface area contributed by atoms with Crippen molar-refractivity contribution in [2.75, 3.05) is 23.8 Å². The largest absolute Gasteiger partial charge is 0.494 e. The van der Waals surface area contributed by atoms with Crippen LogP contribution in [-0.4, -0.2) is 25.2 Å². The summed E-state index contributed by atoms with van der Waals surface area (Å²) in [5.41, 5.74) is 2.89. The van der Waals surface area contributed by atoms with E-state index in [2.05, 4.69) is 34.9 Å². The van der Waals surface area contributed by atoms with Crippen LogP contribution in [0, 0.1) is 0 Å². The minimum absolute atomic E-state index is 0.106. The summed E-state index contributed by atoms with van der Waals surface area (Å²) in [4.78, 5) is 12.2. The zero-order chi connectivity index (χ0) is 21.9. The van der Waals surface area contributed by atoms with E-state index in [9.17, 15) is 4.79 Å². The molecule has 5 nitrogen and oxygen atoms in total. The molecule has 0 saturated heterocycles. The lowest BCUT2D eigenvalue weighted by Crippen LogP contribution is -2.21. The molecule has 2 N–H and O–H groups in total. The lowest BCUT2D eigenvalue weighted by Gasteiger charge is -2.12. The molecule has 0 fully saturated rings. The Balaban J connectivity index is 1.38. The summed E-state index contributed by atoms with van der Waals surface area (Å²) in [6.07, 6.45) is 2.06. The molecule has 1 amide bonds. The maximum Gasteiger partial charge on any atom is 0.243 e. The maximum atomic E-state index is 12.2. The molecule has 5 heteroatoms. The van der Waals surface area contributed by atoms with E-state index in [1.807, 2.05) is 68.4 Å². The van der Waals surface area contributed by atoms with Crippen LogP contribution in [0.25, 0.3) is 0 Å². The Morgan fingerprint density at radius 3 is 2.39 bits per heavy atom. The van der Waals surface area contributed by atoms with Crippen molar-refractivity contribution >= 4 is 17.3 Å². The number of anilines is 2. The second kappa shape index (κ2) is 11.6. The van der Waals surface area contributed by atoms with Crippen molar-refractivity contribution in [3.05, 3.63) is 84.4 Å². The molecule has 162 valence electrons. The fourth-order valence-electron chi connectivity index (χ4n) is 3.08. The van der Waals surface area contributed by atoms with Crippen LogP contribution in [0.1, 0.15) is 25.8 Å². The monoisotopic (exact) mass is 418 g/mol. The van der Waals surface area contributed by atoms with Crippen LogP contribution in [0.4, 0.5) is 11.4 Å². The standard InChI is InChI=1S/C26H30N2O3/c1-20(2)31-25-12-6-11-23(18-25)27-19-26(29)28-22-13-15-24(16-14-22)30-17-7-10-21-8-4-3-5-9-21/h3-6,8-9,11-16,18,20,27H,7,10,17,19H2,1-2H3,(H,28,29). The number of aryl methyl sites for hydroxylation is 1. The summed E-state index contributed by atoms with van der Waals surface area (Å²) >= 11 is 0. The number of hydrogen-bond acceptors (Lipinski definition) is 4. The van der Waals surface area contributed by atoms with Gasteiger partial charge in [-0.1, -0.05) is 36.4 Å². The molecule has 0 heterocycles. The van der Waals surface area contributed by atoms with E-state index in [1.54, 1.807) is 0 Å². The number of nitrogens with one attached hydrogen (secondary N) is 2. The topological polar surface area (TPSA) is 59.6 Å². The van der Waals surface area contributed by atoms with Crippen LogP contribution in [-0.2, 0) is 11.2 Å². The predicted molar refractivity (Wildman–Crippen MR) is 126 cm³/mol. The van der Waals surface area contributed by atoms with E-state index < -0.39 is 0 Å². The second-order valence-corrected chi connectivity index (χ2v) is 7.56. The zero-order valence-electron chi connectivity index (χ0n) is 18.1. The Morgan fingerprint density at radius 2 is 1.65 bits per heavy atom. The van der Waals surface area contributed by atoms with Gasteiger partial charge in [-0.05, 0) is 68.7 Å². The lowest BCUT2D eigenvalue weighted by molar-refractivity contribution is -0.114. The fourth-order valence-corrected chi connectivity index (χ4v) is 3.08. The molecule has 0 unspecified atom stereocenters. The highest BCUT2D eigenvalue weighted by molar-refractivity contribution is 5.93. The molecule has 0 saturated carbocycles. The molecule has 0 aliphatic rings. The summed E-state index contributed by atoms with van der Waals surface area (Å²) in [5, 5.41) is 6.01. The summed E-state index contributed by atoms with van der Waals surface area (Å²) < 4.78 is 11.5. The van der Waals surface area contributed by atoms with Crippen molar-refractivity contribution in [3.63, 3.8) is 0 Å². The smallest absolute Gasteiger partial charge is 0.243 e. The number of ether oxygens (including phenoxy) is 2. The van der Waals surface area contributed by atoms with Gasteiger partial charge in [-0.15, -0.1) is 0 Å². The first-order valence-corrected chi connectivity index (χ1v) is 10.7. The first kappa shape index (κ1) is 22.2. The van der Waals surface area contributed by atoms with Crippen molar-refractivity contribution in [1.82, 2.24) is 0 Å². The van der Waals surface area contributed by atoms with Crippen LogP contribution in [0.3, 0.4) is 0 Å². The van der Waals surface area contributed by atoms with Crippen molar-refractivity contribution in [2.24, 2.45) is 0 Å². The summed E-state index contributed by atoms with van der Waals surface area (Å²) in [6, 6.07) is 25.4. The quantitative estimate of drug-likeness (QED) is 0.402. The molecular formula is C26H30N2O3. The molecule has 0 atom stereocenters. The number of amides is 1. The summed E-state index contributed by atoms with van der Waals surface area (Å²) in [5.74, 6) is 1.46. The van der Waals surface area contributed by atoms with Crippen LogP contribution in [0.5, 0.6) is 11.5 Å². The van der Waals surface area contributed by atoms with Gasteiger partial charge in [0.25, 0.3) is 0 Å². The first-order valence-electron chi connectivity index (χ1n) is 10.7. The fraction of sp³-hybridized carbons (Fsp3) is 0.269. The highest BCUT2D eigenvalue weighted by Gasteiger charge is 2.05. The van der Waals surface area contributed by atoms with Crippen LogP contribution in [0.15, 0.2) is 78.9 Å². The van der Waals surface area contributed by atoms with Gasteiger partial charge in [-0.2, -0.15) is 0 Å². The highest BCUT2D eigenvalue weighted by Crippen LogP contribution is 2.19. The normalized spacial score (nSPS) is 10.5. The van der Waals surface area contributed by atoms with Gasteiger partial charge in [-0.3, -0.25) is 4.79 Å². The van der Waals surface area contributed by atoms with Gasteiger partial charge in [0, 0.05) is 17.4 Å². The minimum atomic E-state index is -0.119. The maximum absolute atomic E-state index is 12.2. The number of benzene rings is 3. The van der Waals surface area contributed by atoms with Gasteiger partial charge in [0.15, 0.2) is 0 Å². The molecule has 0 aliphatic carbocycles. The molecule has 31 heavy (non-hydrogen) atoms. The molecule has 0 aromatic heterocycles. The van der Waals surface area contributed by atoms with Gasteiger partial charge in [0.1, 0.15) is 11.5 Å². The van der Waals surface area contributed by atoms with Crippen LogP contribution in [0.2, 0.25) is 0 Å². The average Bonchev–Trinajstić information content (AvgIpc) is 2.77. The number of hydrogen-bond donors (Lipinski definition) is 2. The predicted octanol–water partition coefficient (Wildman–Crippen LogP) is 5.54. The number of carbonyl (C=O) groups excluding carboxylic acids is 1. The van der Waals surface area contributed by atoms with Gasteiger partial charge in [0.05, 0.1) is 19.3 Å². The van der Waals surface area contributed by atoms with Gasteiger partial charge >= 0.3 is 0 Å². The highest BCUT2D eigenvalue weighted by atomic mass is 16.5. The Bertz CT molecular complexity index is 940. The second-order valence-electron chi connectivity index (χ2n) is 7.56. The van der Waals surface area contributed by atoms with Crippen molar-refractivity contribution < 1.29 is 14.3 Å². The minimum Gasteiger partial charge on any atom is -0.494 e. The van der Waals surface area contributed by atoms with E-state index >= 15 is 0 Å². The Morgan fingerprint density at radius 1 is 0.871 bits per heavy atom. The number of carbonyl (C=O) groups is 1. The molecule has 3 aromatic rings. The van der Waals surface area contributed by atoms with Crippen LogP contribution < -0.4 is 20.1 Å². The number of rotatable bonds is 11. The SMILES string of the molecule is CC(C)Oc1cccc(NCC(=O)Nc2ccc(OCCCc3ccccc3)cc2)c1. The van der Waals surface area contributed by atoms with Crippen molar-refractivity contribution in [3.8, 4) is 11.5 Å². The molecule has 3 rings (SSSR count). The summed E-state index contributed by atoms with van der Waals surface area (Å²) in [6.45, 7) is 4.79. The lowest BCUT2D eigenvalue weighted by atomic mass is 10.1. The van der Waals surface area contributed by atoms with E-state index in [4.69, 9.17) is 9.47 Å². The third-order valence-corrected chi connectivity index (χ3v) is 4.52. The Labute approximate surface area is 184 Å². The molecule has 0 radical (unpaired) electrons. The van der Waals surface area contributed by atoms with E-state index in [0.29, 0.717) is 6.61 Å². The summed E-state index contributed by atoms with van der Waals surface area (Å²) in [7, 11) is 0. The molecule has 0 spiro atoms. The van der Waals surface area contributed by atoms with E-state index in [-0.39, 0.29) is 18.6 Å². The van der Waals surface area contributed by atoms with E-state index in [0.717, 1.165) is 35.7 Å².